The van der Waals surface area contributed by atoms with Gasteiger partial charge in [0.2, 0.25) is 5.69 Å². The first-order chi connectivity index (χ1) is 7.89. The van der Waals surface area contributed by atoms with Crippen LogP contribution in [0.25, 0.3) is 11.3 Å². The average Bonchev–Trinajstić information content (AvgIpc) is 2.61. The number of hydrogen-bond donors (Lipinski definition) is 0. The molecule has 1 heterocycles. The van der Waals surface area contributed by atoms with Gasteiger partial charge in [-0.05, 0) is 29.5 Å². The van der Waals surface area contributed by atoms with E-state index in [9.17, 15) is 13.2 Å². The van der Waals surface area contributed by atoms with Crippen molar-refractivity contribution >= 4 is 22.6 Å². The summed E-state index contributed by atoms with van der Waals surface area (Å²) in [7, 11) is 0. The van der Waals surface area contributed by atoms with E-state index in [0.717, 1.165) is 5.56 Å². The molecule has 2 nitrogen and oxygen atoms in total. The van der Waals surface area contributed by atoms with Gasteiger partial charge >= 0.3 is 6.18 Å². The van der Waals surface area contributed by atoms with Crippen LogP contribution in [0.4, 0.5) is 13.2 Å². The Morgan fingerprint density at radius 1 is 1.18 bits per heavy atom. The SMILES string of the molecule is Cc1ccc(-c2onc(C(F)(F)F)c2I)cc1. The van der Waals surface area contributed by atoms with Gasteiger partial charge in [0.1, 0.15) is 0 Å². The first-order valence-electron chi connectivity index (χ1n) is 4.69. The minimum Gasteiger partial charge on any atom is -0.355 e. The molecular formula is C11H7F3INO. The summed E-state index contributed by atoms with van der Waals surface area (Å²) in [5.74, 6) is 0.151. The molecular weight excluding hydrogens is 346 g/mol. The molecule has 0 radical (unpaired) electrons. The fourth-order valence-electron chi connectivity index (χ4n) is 1.34. The van der Waals surface area contributed by atoms with Crippen LogP contribution in [-0.2, 0) is 6.18 Å². The van der Waals surface area contributed by atoms with Crippen molar-refractivity contribution in [3.63, 3.8) is 0 Å². The molecule has 1 aromatic carbocycles. The summed E-state index contributed by atoms with van der Waals surface area (Å²) in [6.45, 7) is 1.90. The smallest absolute Gasteiger partial charge is 0.355 e. The van der Waals surface area contributed by atoms with Crippen molar-refractivity contribution in [1.82, 2.24) is 5.16 Å². The van der Waals surface area contributed by atoms with Gasteiger partial charge in [0.15, 0.2) is 5.76 Å². The summed E-state index contributed by atoms with van der Waals surface area (Å²) in [5.41, 5.74) is 0.635. The normalized spacial score (nSPS) is 11.8. The zero-order valence-corrected chi connectivity index (χ0v) is 10.8. The molecule has 2 rings (SSSR count). The third-order valence-corrected chi connectivity index (χ3v) is 3.22. The van der Waals surface area contributed by atoms with Crippen molar-refractivity contribution in [3.05, 3.63) is 39.1 Å². The predicted octanol–water partition coefficient (Wildman–Crippen LogP) is 4.27. The van der Waals surface area contributed by atoms with Gasteiger partial charge in [0.25, 0.3) is 0 Å². The van der Waals surface area contributed by atoms with E-state index in [1.807, 2.05) is 6.92 Å². The Balaban J connectivity index is 2.48. The summed E-state index contributed by atoms with van der Waals surface area (Å²) < 4.78 is 42.3. The third kappa shape index (κ3) is 2.46. The van der Waals surface area contributed by atoms with Gasteiger partial charge in [-0.15, -0.1) is 0 Å². The van der Waals surface area contributed by atoms with Gasteiger partial charge < -0.3 is 4.52 Å². The van der Waals surface area contributed by atoms with Gasteiger partial charge in [0, 0.05) is 5.56 Å². The highest BCUT2D eigenvalue weighted by atomic mass is 127. The molecule has 90 valence electrons. The maximum absolute atomic E-state index is 12.5. The van der Waals surface area contributed by atoms with Crippen molar-refractivity contribution in [2.24, 2.45) is 0 Å². The second-order valence-corrected chi connectivity index (χ2v) is 4.62. The first-order valence-corrected chi connectivity index (χ1v) is 5.77. The molecule has 6 heteroatoms. The lowest BCUT2D eigenvalue weighted by Gasteiger charge is -2.01. The lowest BCUT2D eigenvalue weighted by atomic mass is 10.1. The predicted molar refractivity (Wildman–Crippen MR) is 64.4 cm³/mol. The number of nitrogens with zero attached hydrogens (tertiary/aromatic N) is 1. The van der Waals surface area contributed by atoms with Crippen molar-refractivity contribution in [2.45, 2.75) is 13.1 Å². The summed E-state index contributed by atoms with van der Waals surface area (Å²) in [4.78, 5) is 0. The lowest BCUT2D eigenvalue weighted by molar-refractivity contribution is -0.143. The van der Waals surface area contributed by atoms with Crippen molar-refractivity contribution in [2.75, 3.05) is 0 Å². The van der Waals surface area contributed by atoms with E-state index >= 15 is 0 Å². The third-order valence-electron chi connectivity index (χ3n) is 2.22. The van der Waals surface area contributed by atoms with Gasteiger partial charge in [-0.25, -0.2) is 0 Å². The zero-order valence-electron chi connectivity index (χ0n) is 8.68. The second kappa shape index (κ2) is 4.32. The highest BCUT2D eigenvalue weighted by Crippen LogP contribution is 2.36. The van der Waals surface area contributed by atoms with Crippen molar-refractivity contribution in [3.8, 4) is 11.3 Å². The number of alkyl halides is 3. The molecule has 0 aliphatic heterocycles. The van der Waals surface area contributed by atoms with Crippen LogP contribution < -0.4 is 0 Å². The molecule has 17 heavy (non-hydrogen) atoms. The fraction of sp³-hybridized carbons (Fsp3) is 0.182. The molecule has 0 bridgehead atoms. The van der Waals surface area contributed by atoms with Crippen molar-refractivity contribution in [1.29, 1.82) is 0 Å². The molecule has 1 aromatic heterocycles. The zero-order chi connectivity index (χ0) is 12.6. The van der Waals surface area contributed by atoms with Gasteiger partial charge in [0.05, 0.1) is 3.57 Å². The van der Waals surface area contributed by atoms with Crippen LogP contribution in [0.2, 0.25) is 0 Å². The van der Waals surface area contributed by atoms with Crippen LogP contribution in [0.15, 0.2) is 28.8 Å². The Kier molecular flexibility index (Phi) is 3.15. The molecule has 0 N–H and O–H groups in total. The topological polar surface area (TPSA) is 26.0 Å². The number of aryl methyl sites for hydroxylation is 1. The van der Waals surface area contributed by atoms with Gasteiger partial charge in [-0.1, -0.05) is 35.0 Å². The van der Waals surface area contributed by atoms with Gasteiger partial charge in [-0.2, -0.15) is 13.2 Å². The molecule has 0 aliphatic carbocycles. The molecule has 2 aromatic rings. The van der Waals surface area contributed by atoms with Gasteiger partial charge in [-0.3, -0.25) is 0 Å². The molecule has 0 fully saturated rings. The minimum atomic E-state index is -4.48. The quantitative estimate of drug-likeness (QED) is 0.716. The summed E-state index contributed by atoms with van der Waals surface area (Å²) in [6.07, 6.45) is -4.48. The highest BCUT2D eigenvalue weighted by Gasteiger charge is 2.38. The summed E-state index contributed by atoms with van der Waals surface area (Å²) in [6, 6.07) is 7.03. The molecule has 0 amide bonds. The Hall–Kier alpha value is -1.05. The number of benzene rings is 1. The number of rotatable bonds is 1. The van der Waals surface area contributed by atoms with E-state index < -0.39 is 11.9 Å². The van der Waals surface area contributed by atoms with E-state index in [4.69, 9.17) is 4.52 Å². The summed E-state index contributed by atoms with van der Waals surface area (Å²) in [5, 5.41) is 3.08. The van der Waals surface area contributed by atoms with Crippen LogP contribution in [0.3, 0.4) is 0 Å². The second-order valence-electron chi connectivity index (χ2n) is 3.54. The largest absolute Gasteiger partial charge is 0.437 e. The summed E-state index contributed by atoms with van der Waals surface area (Å²) >= 11 is 1.60. The van der Waals surface area contributed by atoms with Crippen LogP contribution in [0.1, 0.15) is 11.3 Å². The Bertz CT molecular complexity index is 531. The Labute approximate surface area is 109 Å². The minimum absolute atomic E-state index is 0.0149. The van der Waals surface area contributed by atoms with E-state index in [2.05, 4.69) is 5.16 Å². The highest BCUT2D eigenvalue weighted by molar-refractivity contribution is 14.1. The van der Waals surface area contributed by atoms with E-state index in [1.54, 1.807) is 46.9 Å². The number of aromatic nitrogens is 1. The standard InChI is InChI=1S/C11H7F3INO/c1-6-2-4-7(5-3-6)9-8(15)10(16-17-9)11(12,13)14/h2-5H,1H3. The van der Waals surface area contributed by atoms with E-state index in [-0.39, 0.29) is 9.33 Å². The van der Waals surface area contributed by atoms with Crippen LogP contribution in [0.5, 0.6) is 0 Å². The molecule has 0 saturated carbocycles. The molecule has 0 unspecified atom stereocenters. The van der Waals surface area contributed by atoms with E-state index in [0.29, 0.717) is 5.56 Å². The van der Waals surface area contributed by atoms with Crippen molar-refractivity contribution < 1.29 is 17.7 Å². The Morgan fingerprint density at radius 2 is 1.76 bits per heavy atom. The maximum atomic E-state index is 12.5. The van der Waals surface area contributed by atoms with E-state index in [1.165, 1.54) is 0 Å². The number of halogens is 4. The van der Waals surface area contributed by atoms with Crippen LogP contribution >= 0.6 is 22.6 Å². The molecule has 0 spiro atoms. The molecule has 0 aliphatic rings. The fourth-order valence-corrected chi connectivity index (χ4v) is 2.15. The maximum Gasteiger partial charge on any atom is 0.437 e. The first kappa shape index (κ1) is 12.4. The average molecular weight is 353 g/mol. The lowest BCUT2D eigenvalue weighted by Crippen LogP contribution is -2.07. The van der Waals surface area contributed by atoms with Crippen LogP contribution in [-0.4, -0.2) is 5.16 Å². The number of hydrogen-bond acceptors (Lipinski definition) is 2. The Morgan fingerprint density at radius 3 is 2.24 bits per heavy atom. The molecule has 0 atom stereocenters. The monoisotopic (exact) mass is 353 g/mol. The molecule has 0 saturated heterocycles. The van der Waals surface area contributed by atoms with Crippen LogP contribution in [0, 0.1) is 10.5 Å².